The fourth-order valence-electron chi connectivity index (χ4n) is 2.52. The van der Waals surface area contributed by atoms with E-state index in [9.17, 15) is 18.4 Å². The van der Waals surface area contributed by atoms with Gasteiger partial charge in [-0.05, 0) is 25.8 Å². The number of ether oxygens (including phenoxy) is 1. The van der Waals surface area contributed by atoms with E-state index in [4.69, 9.17) is 4.74 Å². The highest BCUT2D eigenvalue weighted by Gasteiger charge is 2.30. The molecule has 1 aliphatic heterocycles. The molecule has 1 aromatic carbocycles. The molecule has 0 aliphatic carbocycles. The maximum atomic E-state index is 13.7. The van der Waals surface area contributed by atoms with E-state index in [1.165, 1.54) is 11.0 Å². The van der Waals surface area contributed by atoms with Gasteiger partial charge in [-0.1, -0.05) is 6.07 Å². The molecular formula is C16H20F2N2O3. The Morgan fingerprint density at radius 1 is 1.43 bits per heavy atom. The number of nitrogens with zero attached hydrogens (tertiary/aromatic N) is 1. The first-order chi connectivity index (χ1) is 11.0. The second kappa shape index (κ2) is 8.01. The largest absolute Gasteiger partial charge is 0.372 e. The van der Waals surface area contributed by atoms with Crippen molar-refractivity contribution in [3.63, 3.8) is 0 Å². The molecule has 23 heavy (non-hydrogen) atoms. The van der Waals surface area contributed by atoms with E-state index >= 15 is 0 Å². The molecule has 126 valence electrons. The standard InChI is InChI=1S/C16H20F2N2O3/c1-2-23-10-15(21)19-14-4-3-7-20(16(14)22)9-11-5-6-12(17)8-13(11)18/h5-6,8,14H,2-4,7,9-10H2,1H3,(H,19,21)/t14-/m1/s1. The lowest BCUT2D eigenvalue weighted by Crippen LogP contribution is -2.52. The van der Waals surface area contributed by atoms with Crippen LogP contribution >= 0.6 is 0 Å². The average Bonchev–Trinajstić information content (AvgIpc) is 2.51. The van der Waals surface area contributed by atoms with E-state index in [-0.39, 0.29) is 30.5 Å². The molecule has 1 atom stereocenters. The smallest absolute Gasteiger partial charge is 0.246 e. The molecule has 0 unspecified atom stereocenters. The molecule has 7 heteroatoms. The number of halogens is 2. The summed E-state index contributed by atoms with van der Waals surface area (Å²) in [7, 11) is 0. The predicted molar refractivity (Wildman–Crippen MR) is 79.4 cm³/mol. The second-order valence-corrected chi connectivity index (χ2v) is 5.39. The van der Waals surface area contributed by atoms with Crippen molar-refractivity contribution >= 4 is 11.8 Å². The van der Waals surface area contributed by atoms with Gasteiger partial charge in [-0.15, -0.1) is 0 Å². The number of amides is 2. The number of carbonyl (C=O) groups excluding carboxylic acids is 2. The van der Waals surface area contributed by atoms with Crippen LogP contribution in [-0.4, -0.2) is 42.5 Å². The first-order valence-electron chi connectivity index (χ1n) is 7.61. The van der Waals surface area contributed by atoms with Crippen LogP contribution in [0.3, 0.4) is 0 Å². The van der Waals surface area contributed by atoms with Gasteiger partial charge in [-0.3, -0.25) is 9.59 Å². The zero-order valence-electron chi connectivity index (χ0n) is 13.0. The van der Waals surface area contributed by atoms with Gasteiger partial charge in [0.05, 0.1) is 0 Å². The number of likely N-dealkylation sites (tertiary alicyclic amines) is 1. The Labute approximate surface area is 133 Å². The third kappa shape index (κ3) is 4.72. The number of piperidine rings is 1. The van der Waals surface area contributed by atoms with Gasteiger partial charge in [0.2, 0.25) is 11.8 Å². The van der Waals surface area contributed by atoms with Gasteiger partial charge in [0.15, 0.2) is 0 Å². The number of benzene rings is 1. The molecule has 2 amide bonds. The highest BCUT2D eigenvalue weighted by Crippen LogP contribution is 2.17. The Morgan fingerprint density at radius 3 is 2.91 bits per heavy atom. The van der Waals surface area contributed by atoms with Crippen molar-refractivity contribution in [2.45, 2.75) is 32.4 Å². The molecule has 1 saturated heterocycles. The Kier molecular flexibility index (Phi) is 6.04. The molecule has 5 nitrogen and oxygen atoms in total. The van der Waals surface area contributed by atoms with E-state index in [0.717, 1.165) is 12.1 Å². The highest BCUT2D eigenvalue weighted by molar-refractivity contribution is 5.88. The zero-order valence-corrected chi connectivity index (χ0v) is 13.0. The molecule has 0 radical (unpaired) electrons. The summed E-state index contributed by atoms with van der Waals surface area (Å²) in [5, 5.41) is 2.63. The van der Waals surface area contributed by atoms with Gasteiger partial charge in [-0.2, -0.15) is 0 Å². The fourth-order valence-corrected chi connectivity index (χ4v) is 2.52. The number of hydrogen-bond acceptors (Lipinski definition) is 3. The van der Waals surface area contributed by atoms with Crippen molar-refractivity contribution in [2.24, 2.45) is 0 Å². The maximum Gasteiger partial charge on any atom is 0.246 e. The maximum absolute atomic E-state index is 13.7. The molecule has 0 aromatic heterocycles. The van der Waals surface area contributed by atoms with Crippen LogP contribution < -0.4 is 5.32 Å². The van der Waals surface area contributed by atoms with E-state index < -0.39 is 17.7 Å². The first-order valence-corrected chi connectivity index (χ1v) is 7.61. The summed E-state index contributed by atoms with van der Waals surface area (Å²) in [6.45, 7) is 2.64. The summed E-state index contributed by atoms with van der Waals surface area (Å²) in [5.41, 5.74) is 0.251. The van der Waals surface area contributed by atoms with Crippen LogP contribution in [0.1, 0.15) is 25.3 Å². The minimum atomic E-state index is -0.680. The Hall–Kier alpha value is -2.02. The number of nitrogens with one attached hydrogen (secondary N) is 1. The van der Waals surface area contributed by atoms with E-state index in [1.807, 2.05) is 0 Å². The van der Waals surface area contributed by atoms with Gasteiger partial charge in [-0.25, -0.2) is 8.78 Å². The molecule has 1 aliphatic rings. The van der Waals surface area contributed by atoms with E-state index in [1.54, 1.807) is 6.92 Å². The number of hydrogen-bond donors (Lipinski definition) is 1. The Bertz CT molecular complexity index is 580. The molecule has 1 N–H and O–H groups in total. The minimum absolute atomic E-state index is 0.0583. The molecular weight excluding hydrogens is 306 g/mol. The van der Waals surface area contributed by atoms with Gasteiger partial charge < -0.3 is 15.0 Å². The van der Waals surface area contributed by atoms with Crippen LogP contribution in [-0.2, 0) is 20.9 Å². The third-order valence-corrected chi connectivity index (χ3v) is 3.68. The van der Waals surface area contributed by atoms with E-state index in [2.05, 4.69) is 5.32 Å². The van der Waals surface area contributed by atoms with Crippen LogP contribution in [0.4, 0.5) is 8.78 Å². The van der Waals surface area contributed by atoms with Crippen LogP contribution in [0, 0.1) is 11.6 Å². The quantitative estimate of drug-likeness (QED) is 0.864. The predicted octanol–water partition coefficient (Wildman–Crippen LogP) is 1.61. The van der Waals surface area contributed by atoms with Crippen molar-refractivity contribution in [2.75, 3.05) is 19.8 Å². The molecule has 1 heterocycles. The summed E-state index contributed by atoms with van der Waals surface area (Å²) in [6.07, 6.45) is 1.24. The van der Waals surface area contributed by atoms with Crippen molar-refractivity contribution < 1.29 is 23.1 Å². The van der Waals surface area contributed by atoms with Crippen LogP contribution in [0.15, 0.2) is 18.2 Å². The topological polar surface area (TPSA) is 58.6 Å². The van der Waals surface area contributed by atoms with E-state index in [0.29, 0.717) is 26.0 Å². The lowest BCUT2D eigenvalue weighted by molar-refractivity contribution is -0.140. The van der Waals surface area contributed by atoms with Crippen molar-refractivity contribution in [1.29, 1.82) is 0 Å². The molecule has 0 bridgehead atoms. The second-order valence-electron chi connectivity index (χ2n) is 5.39. The molecule has 0 spiro atoms. The lowest BCUT2D eigenvalue weighted by Gasteiger charge is -2.32. The lowest BCUT2D eigenvalue weighted by atomic mass is 10.0. The monoisotopic (exact) mass is 326 g/mol. The average molecular weight is 326 g/mol. The molecule has 2 rings (SSSR count). The number of rotatable bonds is 6. The minimum Gasteiger partial charge on any atom is -0.372 e. The third-order valence-electron chi connectivity index (χ3n) is 3.68. The Morgan fingerprint density at radius 2 is 2.22 bits per heavy atom. The SMILES string of the molecule is CCOCC(=O)N[C@@H]1CCCN(Cc2ccc(F)cc2F)C1=O. The summed E-state index contributed by atoms with van der Waals surface area (Å²) in [5.74, 6) is -1.94. The van der Waals surface area contributed by atoms with Crippen LogP contribution in [0.2, 0.25) is 0 Å². The van der Waals surface area contributed by atoms with Gasteiger partial charge in [0.25, 0.3) is 0 Å². The highest BCUT2D eigenvalue weighted by atomic mass is 19.1. The molecule has 0 saturated carbocycles. The van der Waals surface area contributed by atoms with Crippen molar-refractivity contribution in [1.82, 2.24) is 10.2 Å². The van der Waals surface area contributed by atoms with Gasteiger partial charge in [0.1, 0.15) is 24.3 Å². The van der Waals surface area contributed by atoms with Gasteiger partial charge in [0, 0.05) is 31.3 Å². The van der Waals surface area contributed by atoms with Crippen LogP contribution in [0.5, 0.6) is 0 Å². The summed E-state index contributed by atoms with van der Waals surface area (Å²) in [4.78, 5) is 25.5. The zero-order chi connectivity index (χ0) is 16.8. The van der Waals surface area contributed by atoms with Crippen molar-refractivity contribution in [3.8, 4) is 0 Å². The number of carbonyl (C=O) groups is 2. The summed E-state index contributed by atoms with van der Waals surface area (Å²) < 4.78 is 31.6. The van der Waals surface area contributed by atoms with Crippen LogP contribution in [0.25, 0.3) is 0 Å². The normalized spacial score (nSPS) is 18.1. The van der Waals surface area contributed by atoms with Gasteiger partial charge >= 0.3 is 0 Å². The summed E-state index contributed by atoms with van der Waals surface area (Å²) >= 11 is 0. The molecule has 1 fully saturated rings. The summed E-state index contributed by atoms with van der Waals surface area (Å²) in [6, 6.07) is 2.66. The Balaban J connectivity index is 1.97. The fraction of sp³-hybridized carbons (Fsp3) is 0.500. The van der Waals surface area contributed by atoms with Crippen molar-refractivity contribution in [3.05, 3.63) is 35.4 Å². The molecule has 1 aromatic rings. The first kappa shape index (κ1) is 17.3.